The molecule has 7 N–H and O–H groups in total. The molecule has 23 nitrogen and oxygen atoms in total. The zero-order valence-electron chi connectivity index (χ0n) is 28.1. The Bertz CT molecular complexity index is 1760. The fourth-order valence-corrected chi connectivity index (χ4v) is 9.19. The van der Waals surface area contributed by atoms with Crippen molar-refractivity contribution >= 4 is 56.9 Å². The van der Waals surface area contributed by atoms with Gasteiger partial charge in [0.1, 0.15) is 24.6 Å². The molecule has 0 bridgehead atoms. The average molecular weight is 852 g/mol. The maximum atomic E-state index is 12.7. The second kappa shape index (κ2) is 23.4. The standard InChI is InChI=1S/C25H40N7O16P3S2/c1-2-3-4-5-8-21(33)28-11-13-53-52-12-9-22(34)27-10-6-7-18-15-32(25(36)30-24(18)35)23-14-19(44-17-29-31-26)20(46-23)16-45-50(40,41)48-51(42,43)47-49(37,38)39/h15,19-20,23H,2-5,8-14,16-17H2,1H3,(H,27,34)(H,28,33)(H,40,41)(H,42,43)(H,30,35,36)(H2,37,38,39). The Morgan fingerprint density at radius 2 is 1.79 bits per heavy atom. The molecule has 0 spiro atoms. The fourth-order valence-electron chi connectivity index (χ4n) is 4.27. The smallest absolute Gasteiger partial charge is 0.369 e. The number of aromatic nitrogens is 2. The highest BCUT2D eigenvalue weighted by Crippen LogP contribution is 2.66. The predicted molar refractivity (Wildman–Crippen MR) is 190 cm³/mol. The van der Waals surface area contributed by atoms with Crippen molar-refractivity contribution in [3.8, 4) is 11.8 Å². The second-order valence-corrected chi connectivity index (χ2v) is 17.8. The molecular weight excluding hydrogens is 811 g/mol. The third kappa shape index (κ3) is 19.6. The number of azide groups is 1. The predicted octanol–water partition coefficient (Wildman–Crippen LogP) is 2.15. The van der Waals surface area contributed by atoms with Gasteiger partial charge in [-0.05, 0) is 12.0 Å². The van der Waals surface area contributed by atoms with Crippen molar-refractivity contribution < 1.29 is 65.5 Å². The van der Waals surface area contributed by atoms with Gasteiger partial charge in [0.25, 0.3) is 5.56 Å². The van der Waals surface area contributed by atoms with Crippen LogP contribution in [0.3, 0.4) is 0 Å². The van der Waals surface area contributed by atoms with E-state index < -0.39 is 66.5 Å². The lowest BCUT2D eigenvalue weighted by atomic mass is 10.1. The summed E-state index contributed by atoms with van der Waals surface area (Å²) in [5.74, 6) is 6.09. The number of phosphoric acid groups is 3. The van der Waals surface area contributed by atoms with Crippen LogP contribution in [0.15, 0.2) is 20.9 Å². The van der Waals surface area contributed by atoms with Gasteiger partial charge in [0.2, 0.25) is 11.8 Å². The van der Waals surface area contributed by atoms with E-state index in [0.29, 0.717) is 24.5 Å². The molecule has 1 aromatic rings. The number of hydrogen-bond acceptors (Lipinski definition) is 15. The van der Waals surface area contributed by atoms with Gasteiger partial charge in [0.15, 0.2) is 0 Å². The van der Waals surface area contributed by atoms with E-state index in [4.69, 9.17) is 24.8 Å². The molecule has 298 valence electrons. The van der Waals surface area contributed by atoms with Crippen LogP contribution in [-0.2, 0) is 45.9 Å². The molecular formula is C25H40N7O16P3S2. The zero-order chi connectivity index (χ0) is 39.5. The number of nitrogens with one attached hydrogen (secondary N) is 3. The maximum Gasteiger partial charge on any atom is 0.490 e. The molecule has 2 amide bonds. The first-order valence-corrected chi connectivity index (χ1v) is 22.6. The summed E-state index contributed by atoms with van der Waals surface area (Å²) in [5, 5.41) is 8.65. The topological polar surface area (TPSA) is 340 Å². The van der Waals surface area contributed by atoms with E-state index in [0.717, 1.165) is 36.4 Å². The summed E-state index contributed by atoms with van der Waals surface area (Å²) in [6.45, 7) is 1.00. The monoisotopic (exact) mass is 851 g/mol. The summed E-state index contributed by atoms with van der Waals surface area (Å²) >= 11 is 0. The first-order valence-electron chi connectivity index (χ1n) is 15.6. The Morgan fingerprint density at radius 1 is 1.08 bits per heavy atom. The number of aromatic amines is 1. The van der Waals surface area contributed by atoms with Crippen LogP contribution in [0.4, 0.5) is 0 Å². The Morgan fingerprint density at radius 3 is 2.49 bits per heavy atom. The van der Waals surface area contributed by atoms with Crippen LogP contribution >= 0.6 is 45.1 Å². The third-order valence-corrected chi connectivity index (χ3v) is 12.8. The van der Waals surface area contributed by atoms with E-state index in [9.17, 15) is 42.7 Å². The summed E-state index contributed by atoms with van der Waals surface area (Å²) in [4.78, 5) is 90.1. The highest BCUT2D eigenvalue weighted by Gasteiger charge is 2.43. The highest BCUT2D eigenvalue weighted by atomic mass is 33.1. The maximum absolute atomic E-state index is 12.7. The van der Waals surface area contributed by atoms with Crippen LogP contribution in [0.2, 0.25) is 0 Å². The van der Waals surface area contributed by atoms with Gasteiger partial charge in [0, 0.05) is 48.4 Å². The number of amides is 2. The van der Waals surface area contributed by atoms with Crippen LogP contribution in [0, 0.1) is 11.8 Å². The first kappa shape index (κ1) is 46.7. The molecule has 28 heteroatoms. The Hall–Kier alpha value is -2.48. The number of carbonyl (C=O) groups is 2. The van der Waals surface area contributed by atoms with Crippen LogP contribution in [0.25, 0.3) is 10.4 Å². The fraction of sp³-hybridized carbons (Fsp3) is 0.680. The summed E-state index contributed by atoms with van der Waals surface area (Å²) in [6.07, 6.45) is 1.98. The molecule has 1 aliphatic rings. The van der Waals surface area contributed by atoms with E-state index in [1.807, 2.05) is 0 Å². The van der Waals surface area contributed by atoms with E-state index in [2.05, 4.69) is 57.6 Å². The zero-order valence-corrected chi connectivity index (χ0v) is 32.5. The van der Waals surface area contributed by atoms with Gasteiger partial charge in [-0.3, -0.25) is 28.5 Å². The number of rotatable bonds is 24. The largest absolute Gasteiger partial charge is 0.490 e. The molecule has 5 unspecified atom stereocenters. The molecule has 0 saturated carbocycles. The molecule has 2 rings (SSSR count). The van der Waals surface area contributed by atoms with Gasteiger partial charge in [-0.2, -0.15) is 8.62 Å². The molecule has 5 atom stereocenters. The molecule has 1 saturated heterocycles. The molecule has 1 aromatic heterocycles. The molecule has 53 heavy (non-hydrogen) atoms. The van der Waals surface area contributed by atoms with Crippen molar-refractivity contribution in [1.29, 1.82) is 0 Å². The minimum atomic E-state index is -5.80. The summed E-state index contributed by atoms with van der Waals surface area (Å²) in [7, 11) is -14.0. The molecule has 2 heterocycles. The van der Waals surface area contributed by atoms with Crippen molar-refractivity contribution in [2.75, 3.05) is 37.9 Å². The number of nitrogens with zero attached hydrogens (tertiary/aromatic N) is 4. The molecule has 0 aliphatic carbocycles. The lowest BCUT2D eigenvalue weighted by molar-refractivity contribution is -0.121. The van der Waals surface area contributed by atoms with Gasteiger partial charge in [-0.15, -0.1) is 0 Å². The van der Waals surface area contributed by atoms with Gasteiger partial charge >= 0.3 is 29.2 Å². The number of hydrogen-bond donors (Lipinski definition) is 7. The van der Waals surface area contributed by atoms with Gasteiger partial charge < -0.3 is 39.7 Å². The summed E-state index contributed by atoms with van der Waals surface area (Å²) in [5.41, 5.74) is 6.54. The van der Waals surface area contributed by atoms with E-state index in [1.165, 1.54) is 21.6 Å². The van der Waals surface area contributed by atoms with E-state index in [-0.39, 0.29) is 36.8 Å². The number of ether oxygens (including phenoxy) is 2. The van der Waals surface area contributed by atoms with Crippen molar-refractivity contribution in [3.63, 3.8) is 0 Å². The van der Waals surface area contributed by atoms with Crippen LogP contribution in [0.5, 0.6) is 0 Å². The van der Waals surface area contributed by atoms with Crippen molar-refractivity contribution in [3.05, 3.63) is 43.0 Å². The Labute approximate surface area is 310 Å². The Kier molecular flexibility index (Phi) is 20.6. The second-order valence-electron chi connectivity index (χ2n) is 10.7. The summed E-state index contributed by atoms with van der Waals surface area (Å²) < 4.78 is 58.5. The molecule has 1 fully saturated rings. The molecule has 1 aliphatic heterocycles. The highest BCUT2D eigenvalue weighted by molar-refractivity contribution is 8.76. The van der Waals surface area contributed by atoms with Crippen LogP contribution in [-0.4, -0.2) is 91.1 Å². The van der Waals surface area contributed by atoms with E-state index in [1.54, 1.807) is 0 Å². The minimum Gasteiger partial charge on any atom is -0.369 e. The lowest BCUT2D eigenvalue weighted by Crippen LogP contribution is -2.34. The quantitative estimate of drug-likeness (QED) is 0.0149. The van der Waals surface area contributed by atoms with E-state index >= 15 is 0 Å². The van der Waals surface area contributed by atoms with Crippen molar-refractivity contribution in [1.82, 2.24) is 20.2 Å². The average Bonchev–Trinajstić information content (AvgIpc) is 3.45. The molecule has 0 radical (unpaired) electrons. The van der Waals surface area contributed by atoms with Crippen LogP contribution in [0.1, 0.15) is 63.7 Å². The number of phosphoric ester groups is 1. The Balaban J connectivity index is 1.92. The SMILES string of the molecule is CCCCCCC(=O)NCCSSCCC(=O)NCC#Cc1cn(C2CC(OCN=[N+]=[N-])C(COP(=O)(O)OP(=O)(O)OP(=O)(O)O)O2)c(=O)[nH]c1=O. The van der Waals surface area contributed by atoms with Gasteiger partial charge in [-0.25, -0.2) is 18.5 Å². The van der Waals surface area contributed by atoms with Crippen LogP contribution < -0.4 is 21.9 Å². The minimum absolute atomic E-state index is 0.0317. The lowest BCUT2D eigenvalue weighted by Gasteiger charge is -2.20. The summed E-state index contributed by atoms with van der Waals surface area (Å²) in [6, 6.07) is 0. The number of unbranched alkanes of at least 4 members (excludes halogenated alkanes) is 3. The third-order valence-electron chi connectivity index (χ3n) is 6.54. The molecule has 0 aromatic carbocycles. The van der Waals surface area contributed by atoms with Crippen molar-refractivity contribution in [2.45, 2.75) is 70.3 Å². The van der Waals surface area contributed by atoms with Crippen molar-refractivity contribution in [2.24, 2.45) is 5.11 Å². The first-order chi connectivity index (χ1) is 24.9. The van der Waals surface area contributed by atoms with Gasteiger partial charge in [-0.1, -0.05) is 64.7 Å². The number of H-pyrrole nitrogens is 1. The number of carbonyl (C=O) groups excluding carboxylic acids is 2. The van der Waals surface area contributed by atoms with Gasteiger partial charge in [0.05, 0.1) is 19.3 Å². The normalized spacial score (nSPS) is 19.2.